The molecule has 0 spiro atoms. The molecule has 1 amide bonds. The standard InChI is InChI=1S/C13H17ClN2O3.ClH/c1-18-12-3-2-9(6-11(12)14)16-13(17)7-10-8-15-4-5-19-10;/h2-3,6,10,15H,4-5,7-8H2,1H3,(H,16,17);1H. The number of ether oxygens (including phenoxy) is 2. The lowest BCUT2D eigenvalue weighted by Gasteiger charge is -2.23. The number of halogens is 2. The Morgan fingerprint density at radius 2 is 2.40 bits per heavy atom. The zero-order chi connectivity index (χ0) is 13.7. The van der Waals surface area contributed by atoms with Gasteiger partial charge in [-0.2, -0.15) is 0 Å². The summed E-state index contributed by atoms with van der Waals surface area (Å²) in [5, 5.41) is 6.45. The molecular formula is C13H18Cl2N2O3. The molecule has 1 aliphatic rings. The van der Waals surface area contributed by atoms with Gasteiger partial charge in [0.15, 0.2) is 0 Å². The monoisotopic (exact) mass is 320 g/mol. The van der Waals surface area contributed by atoms with Crippen LogP contribution in [0.15, 0.2) is 18.2 Å². The Bertz CT molecular complexity index is 451. The summed E-state index contributed by atoms with van der Waals surface area (Å²) in [4.78, 5) is 11.9. The highest BCUT2D eigenvalue weighted by atomic mass is 35.5. The molecule has 1 atom stereocenters. The van der Waals surface area contributed by atoms with Crippen molar-refractivity contribution >= 4 is 35.6 Å². The van der Waals surface area contributed by atoms with Gasteiger partial charge in [0.1, 0.15) is 5.75 Å². The Morgan fingerprint density at radius 1 is 1.60 bits per heavy atom. The lowest BCUT2D eigenvalue weighted by atomic mass is 10.2. The molecule has 1 unspecified atom stereocenters. The second-order valence-electron chi connectivity index (χ2n) is 4.30. The van der Waals surface area contributed by atoms with Crippen molar-refractivity contribution in [1.82, 2.24) is 5.32 Å². The first-order chi connectivity index (χ1) is 9.19. The van der Waals surface area contributed by atoms with Gasteiger partial charge in [0, 0.05) is 18.8 Å². The molecule has 1 saturated heterocycles. The number of hydrogen-bond donors (Lipinski definition) is 2. The Morgan fingerprint density at radius 3 is 3.00 bits per heavy atom. The second kappa shape index (κ2) is 8.32. The van der Waals surface area contributed by atoms with Crippen LogP contribution in [0, 0.1) is 0 Å². The zero-order valence-electron chi connectivity index (χ0n) is 11.1. The maximum Gasteiger partial charge on any atom is 0.227 e. The maximum absolute atomic E-state index is 11.9. The molecule has 112 valence electrons. The molecule has 0 radical (unpaired) electrons. The first-order valence-corrected chi connectivity index (χ1v) is 6.52. The SMILES string of the molecule is COc1ccc(NC(=O)CC2CNCCO2)cc1Cl.Cl. The second-order valence-corrected chi connectivity index (χ2v) is 4.71. The molecule has 20 heavy (non-hydrogen) atoms. The van der Waals surface area contributed by atoms with Crippen LogP contribution in [0.5, 0.6) is 5.75 Å². The summed E-state index contributed by atoms with van der Waals surface area (Å²) in [6.07, 6.45) is 0.263. The van der Waals surface area contributed by atoms with E-state index >= 15 is 0 Å². The van der Waals surface area contributed by atoms with E-state index in [0.29, 0.717) is 36.0 Å². The predicted molar refractivity (Wildman–Crippen MR) is 81.1 cm³/mol. The van der Waals surface area contributed by atoms with Crippen molar-refractivity contribution in [1.29, 1.82) is 0 Å². The van der Waals surface area contributed by atoms with Crippen LogP contribution >= 0.6 is 24.0 Å². The van der Waals surface area contributed by atoms with E-state index in [0.717, 1.165) is 6.54 Å². The highest BCUT2D eigenvalue weighted by molar-refractivity contribution is 6.32. The molecule has 1 fully saturated rings. The van der Waals surface area contributed by atoms with E-state index in [4.69, 9.17) is 21.1 Å². The Kier molecular flexibility index (Phi) is 7.09. The molecule has 0 aromatic heterocycles. The lowest BCUT2D eigenvalue weighted by Crippen LogP contribution is -2.40. The molecule has 0 aliphatic carbocycles. The number of methoxy groups -OCH3 is 1. The topological polar surface area (TPSA) is 59.6 Å². The number of benzene rings is 1. The summed E-state index contributed by atoms with van der Waals surface area (Å²) in [7, 11) is 1.55. The third-order valence-electron chi connectivity index (χ3n) is 2.85. The fraction of sp³-hybridized carbons (Fsp3) is 0.462. The van der Waals surface area contributed by atoms with Crippen LogP contribution in [0.3, 0.4) is 0 Å². The van der Waals surface area contributed by atoms with Gasteiger partial charge in [-0.3, -0.25) is 4.79 Å². The molecule has 0 bridgehead atoms. The van der Waals surface area contributed by atoms with E-state index in [1.54, 1.807) is 25.3 Å². The van der Waals surface area contributed by atoms with Crippen LogP contribution in [0.4, 0.5) is 5.69 Å². The molecular weight excluding hydrogens is 303 g/mol. The maximum atomic E-state index is 11.9. The molecule has 5 nitrogen and oxygen atoms in total. The van der Waals surface area contributed by atoms with Crippen molar-refractivity contribution in [3.63, 3.8) is 0 Å². The Balaban J connectivity index is 0.00000200. The summed E-state index contributed by atoms with van der Waals surface area (Å²) >= 11 is 5.99. The number of carbonyl (C=O) groups is 1. The largest absolute Gasteiger partial charge is 0.495 e. The minimum Gasteiger partial charge on any atom is -0.495 e. The number of amides is 1. The van der Waals surface area contributed by atoms with Gasteiger partial charge in [-0.15, -0.1) is 12.4 Å². The van der Waals surface area contributed by atoms with Gasteiger partial charge in [0.05, 0.1) is 31.3 Å². The lowest BCUT2D eigenvalue weighted by molar-refractivity contribution is -0.119. The van der Waals surface area contributed by atoms with E-state index in [9.17, 15) is 4.79 Å². The van der Waals surface area contributed by atoms with Gasteiger partial charge in [0.25, 0.3) is 0 Å². The Labute approximate surface area is 129 Å². The van der Waals surface area contributed by atoms with E-state index in [-0.39, 0.29) is 24.4 Å². The summed E-state index contributed by atoms with van der Waals surface area (Å²) in [6, 6.07) is 5.14. The van der Waals surface area contributed by atoms with Gasteiger partial charge in [0.2, 0.25) is 5.91 Å². The van der Waals surface area contributed by atoms with E-state index < -0.39 is 0 Å². The van der Waals surface area contributed by atoms with Crippen molar-refractivity contribution in [3.05, 3.63) is 23.2 Å². The van der Waals surface area contributed by atoms with Gasteiger partial charge in [-0.1, -0.05) is 11.6 Å². The predicted octanol–water partition coefficient (Wildman–Crippen LogP) is 2.09. The Hall–Kier alpha value is -1.01. The highest BCUT2D eigenvalue weighted by Crippen LogP contribution is 2.27. The summed E-state index contributed by atoms with van der Waals surface area (Å²) in [5.41, 5.74) is 0.652. The van der Waals surface area contributed by atoms with Crippen LogP contribution in [-0.2, 0) is 9.53 Å². The zero-order valence-corrected chi connectivity index (χ0v) is 12.7. The first-order valence-electron chi connectivity index (χ1n) is 6.15. The molecule has 1 heterocycles. The van der Waals surface area contributed by atoms with Crippen LogP contribution in [0.25, 0.3) is 0 Å². The van der Waals surface area contributed by atoms with Crippen LogP contribution in [-0.4, -0.2) is 38.8 Å². The van der Waals surface area contributed by atoms with Gasteiger partial charge < -0.3 is 20.1 Å². The van der Waals surface area contributed by atoms with Crippen molar-refractivity contribution < 1.29 is 14.3 Å². The fourth-order valence-corrected chi connectivity index (χ4v) is 2.17. The van der Waals surface area contributed by atoms with Crippen LogP contribution < -0.4 is 15.4 Å². The summed E-state index contributed by atoms with van der Waals surface area (Å²) in [6.45, 7) is 2.19. The smallest absolute Gasteiger partial charge is 0.227 e. The molecule has 1 aliphatic heterocycles. The van der Waals surface area contributed by atoms with E-state index in [1.807, 2.05) is 0 Å². The highest BCUT2D eigenvalue weighted by Gasteiger charge is 2.17. The van der Waals surface area contributed by atoms with Crippen LogP contribution in [0.1, 0.15) is 6.42 Å². The molecule has 1 aromatic carbocycles. The number of rotatable bonds is 4. The number of hydrogen-bond acceptors (Lipinski definition) is 4. The first kappa shape index (κ1) is 17.0. The number of nitrogens with one attached hydrogen (secondary N) is 2. The average molecular weight is 321 g/mol. The third-order valence-corrected chi connectivity index (χ3v) is 3.15. The fourth-order valence-electron chi connectivity index (χ4n) is 1.91. The minimum atomic E-state index is -0.0880. The van der Waals surface area contributed by atoms with Crippen molar-refractivity contribution in [2.24, 2.45) is 0 Å². The van der Waals surface area contributed by atoms with Crippen LogP contribution in [0.2, 0.25) is 5.02 Å². The molecule has 2 rings (SSSR count). The van der Waals surface area contributed by atoms with Gasteiger partial charge in [-0.25, -0.2) is 0 Å². The van der Waals surface area contributed by atoms with Crippen molar-refractivity contribution in [2.45, 2.75) is 12.5 Å². The summed E-state index contributed by atoms with van der Waals surface area (Å²) in [5.74, 6) is 0.495. The number of carbonyl (C=O) groups excluding carboxylic acids is 1. The van der Waals surface area contributed by atoms with Crippen molar-refractivity contribution in [2.75, 3.05) is 32.1 Å². The average Bonchev–Trinajstić information content (AvgIpc) is 2.40. The number of morpholine rings is 1. The van der Waals surface area contributed by atoms with E-state index in [2.05, 4.69) is 10.6 Å². The van der Waals surface area contributed by atoms with Gasteiger partial charge >= 0.3 is 0 Å². The molecule has 1 aromatic rings. The van der Waals surface area contributed by atoms with Gasteiger partial charge in [-0.05, 0) is 18.2 Å². The van der Waals surface area contributed by atoms with E-state index in [1.165, 1.54) is 0 Å². The quantitative estimate of drug-likeness (QED) is 0.891. The third kappa shape index (κ3) is 4.83. The molecule has 7 heteroatoms. The normalized spacial score (nSPS) is 18.0. The summed E-state index contributed by atoms with van der Waals surface area (Å²) < 4.78 is 10.5. The molecule has 0 saturated carbocycles. The van der Waals surface area contributed by atoms with Crippen molar-refractivity contribution in [3.8, 4) is 5.75 Å². The number of anilines is 1. The molecule has 2 N–H and O–H groups in total. The minimum absolute atomic E-state index is 0.